The van der Waals surface area contributed by atoms with E-state index in [0.717, 1.165) is 0 Å². The van der Waals surface area contributed by atoms with Crippen molar-refractivity contribution in [3.8, 4) is 5.75 Å². The first kappa shape index (κ1) is 14.3. The minimum absolute atomic E-state index is 0.0715. The molecule has 1 unspecified atom stereocenters. The van der Waals surface area contributed by atoms with Gasteiger partial charge < -0.3 is 14.7 Å². The number of nitrogens with zero attached hydrogens (tertiary/aromatic N) is 1. The Labute approximate surface area is 107 Å². The highest BCUT2D eigenvalue weighted by molar-refractivity contribution is 5.96. The van der Waals surface area contributed by atoms with E-state index >= 15 is 0 Å². The maximum absolute atomic E-state index is 12.2. The lowest BCUT2D eigenvalue weighted by Crippen LogP contribution is -2.37. The fourth-order valence-electron chi connectivity index (χ4n) is 1.43. The number of carbonyl (C=O) groups excluding carboxylic acids is 1. The van der Waals surface area contributed by atoms with Gasteiger partial charge in [0.05, 0.1) is 18.2 Å². The highest BCUT2D eigenvalue weighted by Crippen LogP contribution is 2.20. The number of hydrogen-bond acceptors (Lipinski definition) is 3. The van der Waals surface area contributed by atoms with Crippen LogP contribution in [0.15, 0.2) is 36.9 Å². The SMILES string of the molecule is C=CCOc1ccccc1C(=O)N(C)C(C)CO. The van der Waals surface area contributed by atoms with Gasteiger partial charge in [-0.05, 0) is 19.1 Å². The zero-order chi connectivity index (χ0) is 13.5. The maximum Gasteiger partial charge on any atom is 0.257 e. The zero-order valence-electron chi connectivity index (χ0n) is 10.8. The molecule has 0 aliphatic heterocycles. The van der Waals surface area contributed by atoms with Crippen molar-refractivity contribution in [1.82, 2.24) is 4.90 Å². The molecule has 4 nitrogen and oxygen atoms in total. The molecule has 0 bridgehead atoms. The van der Waals surface area contributed by atoms with Crippen LogP contribution in [0, 0.1) is 0 Å². The third-order valence-corrected chi connectivity index (χ3v) is 2.72. The summed E-state index contributed by atoms with van der Waals surface area (Å²) in [4.78, 5) is 13.7. The van der Waals surface area contributed by atoms with Gasteiger partial charge >= 0.3 is 0 Å². The fourth-order valence-corrected chi connectivity index (χ4v) is 1.43. The minimum Gasteiger partial charge on any atom is -0.489 e. The van der Waals surface area contributed by atoms with Crippen molar-refractivity contribution in [2.75, 3.05) is 20.3 Å². The Bertz CT molecular complexity index is 417. The van der Waals surface area contributed by atoms with Crippen LogP contribution in [-0.2, 0) is 0 Å². The number of carbonyl (C=O) groups is 1. The van der Waals surface area contributed by atoms with Gasteiger partial charge in [0.1, 0.15) is 12.4 Å². The van der Waals surface area contributed by atoms with Crippen molar-refractivity contribution >= 4 is 5.91 Å². The third-order valence-electron chi connectivity index (χ3n) is 2.72. The second kappa shape index (κ2) is 6.81. The molecule has 1 aromatic rings. The fraction of sp³-hybridized carbons (Fsp3) is 0.357. The average Bonchev–Trinajstić information content (AvgIpc) is 2.42. The molecule has 4 heteroatoms. The van der Waals surface area contributed by atoms with Crippen molar-refractivity contribution < 1.29 is 14.6 Å². The van der Waals surface area contributed by atoms with Gasteiger partial charge in [-0.2, -0.15) is 0 Å². The van der Waals surface area contributed by atoms with E-state index in [9.17, 15) is 4.79 Å². The van der Waals surface area contributed by atoms with Crippen molar-refractivity contribution in [1.29, 1.82) is 0 Å². The van der Waals surface area contributed by atoms with Crippen LogP contribution in [0.2, 0.25) is 0 Å². The Balaban J connectivity index is 2.94. The van der Waals surface area contributed by atoms with E-state index < -0.39 is 0 Å². The molecule has 98 valence electrons. The third kappa shape index (κ3) is 3.34. The standard InChI is InChI=1S/C14H19NO3/c1-4-9-18-13-8-6-5-7-12(13)14(17)15(3)11(2)10-16/h4-8,11,16H,1,9-10H2,2-3H3. The van der Waals surface area contributed by atoms with E-state index in [0.29, 0.717) is 17.9 Å². The van der Waals surface area contributed by atoms with Crippen LogP contribution in [-0.4, -0.2) is 42.2 Å². The monoisotopic (exact) mass is 249 g/mol. The first-order chi connectivity index (χ1) is 8.61. The molecule has 1 aromatic carbocycles. The number of benzene rings is 1. The van der Waals surface area contributed by atoms with Gasteiger partial charge in [-0.1, -0.05) is 24.8 Å². The molecule has 1 N–H and O–H groups in total. The lowest BCUT2D eigenvalue weighted by molar-refractivity contribution is 0.0678. The molecule has 0 heterocycles. The Morgan fingerprint density at radius 1 is 1.56 bits per heavy atom. The topological polar surface area (TPSA) is 49.8 Å². The number of rotatable bonds is 6. The summed E-state index contributed by atoms with van der Waals surface area (Å²) in [5.74, 6) is 0.357. The number of amides is 1. The quantitative estimate of drug-likeness (QED) is 0.781. The number of ether oxygens (including phenoxy) is 1. The maximum atomic E-state index is 12.2. The van der Waals surface area contributed by atoms with Gasteiger partial charge in [-0.3, -0.25) is 4.79 Å². The van der Waals surface area contributed by atoms with Crippen LogP contribution in [0.1, 0.15) is 17.3 Å². The summed E-state index contributed by atoms with van der Waals surface area (Å²) in [5, 5.41) is 9.07. The van der Waals surface area contributed by atoms with Crippen LogP contribution >= 0.6 is 0 Å². The summed E-state index contributed by atoms with van der Waals surface area (Å²) < 4.78 is 5.44. The first-order valence-corrected chi connectivity index (χ1v) is 5.82. The van der Waals surface area contributed by atoms with Gasteiger partial charge in [0.2, 0.25) is 0 Å². The Morgan fingerprint density at radius 2 is 2.22 bits per heavy atom. The molecule has 0 aliphatic carbocycles. The molecule has 18 heavy (non-hydrogen) atoms. The summed E-state index contributed by atoms with van der Waals surface area (Å²) in [6.45, 7) is 5.64. The molecule has 0 aromatic heterocycles. The Morgan fingerprint density at radius 3 is 2.83 bits per heavy atom. The van der Waals surface area contributed by atoms with Crippen LogP contribution < -0.4 is 4.74 Å². The summed E-state index contributed by atoms with van der Waals surface area (Å²) in [6, 6.07) is 6.82. The minimum atomic E-state index is -0.232. The van der Waals surface area contributed by atoms with E-state index in [-0.39, 0.29) is 18.6 Å². The highest BCUT2D eigenvalue weighted by atomic mass is 16.5. The van der Waals surface area contributed by atoms with Gasteiger partial charge in [0.25, 0.3) is 5.91 Å². The van der Waals surface area contributed by atoms with E-state index in [1.54, 1.807) is 38.2 Å². The van der Waals surface area contributed by atoms with Crippen LogP contribution in [0.25, 0.3) is 0 Å². The molecule has 0 saturated heterocycles. The molecular weight excluding hydrogens is 230 g/mol. The summed E-state index contributed by atoms with van der Waals surface area (Å²) >= 11 is 0. The summed E-state index contributed by atoms with van der Waals surface area (Å²) in [7, 11) is 1.66. The predicted octanol–water partition coefficient (Wildman–Crippen LogP) is 1.70. The predicted molar refractivity (Wildman–Crippen MR) is 70.8 cm³/mol. The van der Waals surface area contributed by atoms with Crippen molar-refractivity contribution in [2.24, 2.45) is 0 Å². The number of aliphatic hydroxyl groups excluding tert-OH is 1. The van der Waals surface area contributed by atoms with Gasteiger partial charge in [0.15, 0.2) is 0 Å². The molecular formula is C14H19NO3. The number of hydrogen-bond donors (Lipinski definition) is 1. The molecule has 1 amide bonds. The number of aliphatic hydroxyl groups is 1. The molecule has 1 rings (SSSR count). The average molecular weight is 249 g/mol. The molecule has 0 radical (unpaired) electrons. The molecule has 0 saturated carbocycles. The molecule has 0 fully saturated rings. The van der Waals surface area contributed by atoms with Crippen molar-refractivity contribution in [3.63, 3.8) is 0 Å². The van der Waals surface area contributed by atoms with Gasteiger partial charge in [-0.15, -0.1) is 0 Å². The first-order valence-electron chi connectivity index (χ1n) is 5.82. The second-order valence-electron chi connectivity index (χ2n) is 4.04. The summed E-state index contributed by atoms with van der Waals surface area (Å²) in [6.07, 6.45) is 1.63. The van der Waals surface area contributed by atoms with E-state index in [2.05, 4.69) is 6.58 Å². The van der Waals surface area contributed by atoms with Crippen LogP contribution in [0.4, 0.5) is 0 Å². The lowest BCUT2D eigenvalue weighted by atomic mass is 10.1. The van der Waals surface area contributed by atoms with Crippen molar-refractivity contribution in [2.45, 2.75) is 13.0 Å². The van der Waals surface area contributed by atoms with E-state index in [1.807, 2.05) is 6.07 Å². The molecule has 1 atom stereocenters. The Hall–Kier alpha value is -1.81. The van der Waals surface area contributed by atoms with Gasteiger partial charge in [-0.25, -0.2) is 0 Å². The Kier molecular flexibility index (Phi) is 5.39. The second-order valence-corrected chi connectivity index (χ2v) is 4.04. The number of para-hydroxylation sites is 1. The van der Waals surface area contributed by atoms with Crippen molar-refractivity contribution in [3.05, 3.63) is 42.5 Å². The zero-order valence-corrected chi connectivity index (χ0v) is 10.8. The van der Waals surface area contributed by atoms with Crippen LogP contribution in [0.3, 0.4) is 0 Å². The van der Waals surface area contributed by atoms with Crippen LogP contribution in [0.5, 0.6) is 5.75 Å². The molecule has 0 aliphatic rings. The summed E-state index contributed by atoms with van der Waals surface area (Å²) in [5.41, 5.74) is 0.488. The smallest absolute Gasteiger partial charge is 0.257 e. The largest absolute Gasteiger partial charge is 0.489 e. The van der Waals surface area contributed by atoms with Gasteiger partial charge in [0, 0.05) is 7.05 Å². The normalized spacial score (nSPS) is 11.7. The number of likely N-dealkylation sites (N-methyl/N-ethyl adjacent to an activating group) is 1. The lowest BCUT2D eigenvalue weighted by Gasteiger charge is -2.24. The van der Waals surface area contributed by atoms with E-state index in [4.69, 9.17) is 9.84 Å². The van der Waals surface area contributed by atoms with E-state index in [1.165, 1.54) is 4.90 Å². The highest BCUT2D eigenvalue weighted by Gasteiger charge is 2.19. The molecule has 0 spiro atoms.